The summed E-state index contributed by atoms with van der Waals surface area (Å²) in [5.41, 5.74) is 2.36. The van der Waals surface area contributed by atoms with E-state index in [1.807, 2.05) is 6.07 Å². The zero-order valence-electron chi connectivity index (χ0n) is 15.3. The van der Waals surface area contributed by atoms with Crippen molar-refractivity contribution in [1.82, 2.24) is 14.9 Å². The van der Waals surface area contributed by atoms with Crippen LogP contribution in [0.15, 0.2) is 29.1 Å². The highest BCUT2D eigenvalue weighted by molar-refractivity contribution is 5.39. The Labute approximate surface area is 157 Å². The maximum Gasteiger partial charge on any atom is 0.273 e. The van der Waals surface area contributed by atoms with E-state index < -0.39 is 0 Å². The van der Waals surface area contributed by atoms with Crippen LogP contribution in [0.1, 0.15) is 60.7 Å². The first-order chi connectivity index (χ1) is 13.1. The molecule has 0 spiro atoms. The molecule has 1 aliphatic carbocycles. The van der Waals surface area contributed by atoms with Crippen molar-refractivity contribution in [3.8, 4) is 0 Å². The van der Waals surface area contributed by atoms with E-state index in [4.69, 9.17) is 4.98 Å². The van der Waals surface area contributed by atoms with Crippen molar-refractivity contribution in [2.24, 2.45) is 0 Å². The minimum Gasteiger partial charge on any atom is -0.310 e. The second-order valence-corrected chi connectivity index (χ2v) is 7.56. The number of nitro groups is 1. The van der Waals surface area contributed by atoms with Gasteiger partial charge in [-0.2, -0.15) is 0 Å². The van der Waals surface area contributed by atoms with Gasteiger partial charge in [0, 0.05) is 43.6 Å². The molecule has 1 aliphatic heterocycles. The molecule has 1 N–H and O–H groups in total. The van der Waals surface area contributed by atoms with Crippen molar-refractivity contribution >= 4 is 5.69 Å². The van der Waals surface area contributed by atoms with Crippen LogP contribution < -0.4 is 5.56 Å². The first kappa shape index (κ1) is 17.9. The summed E-state index contributed by atoms with van der Waals surface area (Å²) in [6, 6.07) is 6.79. The van der Waals surface area contributed by atoms with Gasteiger partial charge in [0.1, 0.15) is 5.82 Å². The third-order valence-electron chi connectivity index (χ3n) is 5.74. The van der Waals surface area contributed by atoms with E-state index in [0.717, 1.165) is 30.9 Å². The smallest absolute Gasteiger partial charge is 0.273 e. The van der Waals surface area contributed by atoms with Crippen molar-refractivity contribution in [3.63, 3.8) is 0 Å². The largest absolute Gasteiger partial charge is 0.310 e. The molecule has 1 aromatic heterocycles. The Hall–Kier alpha value is -2.54. The van der Waals surface area contributed by atoms with Gasteiger partial charge < -0.3 is 4.98 Å². The molecule has 142 valence electrons. The molecule has 4 rings (SSSR count). The third kappa shape index (κ3) is 3.78. The van der Waals surface area contributed by atoms with E-state index in [0.29, 0.717) is 36.6 Å². The predicted molar refractivity (Wildman–Crippen MR) is 102 cm³/mol. The zero-order chi connectivity index (χ0) is 18.8. The van der Waals surface area contributed by atoms with Gasteiger partial charge in [0.25, 0.3) is 11.2 Å². The van der Waals surface area contributed by atoms with Crippen LogP contribution in [0, 0.1) is 10.1 Å². The number of H-pyrrole nitrogens is 1. The van der Waals surface area contributed by atoms with Crippen molar-refractivity contribution in [1.29, 1.82) is 0 Å². The number of aromatic amines is 1. The number of nitrogens with one attached hydrogen (secondary N) is 1. The topological polar surface area (TPSA) is 92.1 Å². The molecular formula is C20H24N4O3. The highest BCUT2D eigenvalue weighted by Gasteiger charge is 2.25. The molecule has 1 saturated carbocycles. The molecule has 0 bridgehead atoms. The fourth-order valence-corrected chi connectivity index (χ4v) is 4.27. The van der Waals surface area contributed by atoms with E-state index >= 15 is 0 Å². The number of fused-ring (bicyclic) bond motifs is 1. The van der Waals surface area contributed by atoms with Gasteiger partial charge in [0.15, 0.2) is 0 Å². The highest BCUT2D eigenvalue weighted by Crippen LogP contribution is 2.31. The first-order valence-corrected chi connectivity index (χ1v) is 9.68. The van der Waals surface area contributed by atoms with Crippen LogP contribution in [0.4, 0.5) is 5.69 Å². The third-order valence-corrected chi connectivity index (χ3v) is 5.74. The van der Waals surface area contributed by atoms with Crippen LogP contribution in [-0.4, -0.2) is 26.3 Å². The van der Waals surface area contributed by atoms with E-state index in [1.54, 1.807) is 12.1 Å². The Balaban J connectivity index is 1.54. The number of rotatable bonds is 4. The lowest BCUT2D eigenvalue weighted by Crippen LogP contribution is -2.36. The number of hydrogen-bond donors (Lipinski definition) is 1. The van der Waals surface area contributed by atoms with Crippen molar-refractivity contribution in [2.45, 2.75) is 57.5 Å². The van der Waals surface area contributed by atoms with Crippen molar-refractivity contribution in [3.05, 3.63) is 67.4 Å². The molecule has 2 aliphatic rings. The Bertz CT molecular complexity index is 902. The summed E-state index contributed by atoms with van der Waals surface area (Å²) in [6.07, 6.45) is 6.59. The normalized spacial score (nSPS) is 18.2. The molecule has 0 atom stereocenters. The summed E-state index contributed by atoms with van der Waals surface area (Å²) in [6.45, 7) is 1.69. The quantitative estimate of drug-likeness (QED) is 0.660. The number of aromatic nitrogens is 2. The Kier molecular flexibility index (Phi) is 5.03. The van der Waals surface area contributed by atoms with Crippen LogP contribution in [0.3, 0.4) is 0 Å². The molecule has 0 saturated heterocycles. The predicted octanol–water partition coefficient (Wildman–Crippen LogP) is 3.28. The van der Waals surface area contributed by atoms with E-state index in [2.05, 4.69) is 9.88 Å². The number of nitro benzene ring substituents is 1. The minimum atomic E-state index is -0.349. The monoisotopic (exact) mass is 368 g/mol. The van der Waals surface area contributed by atoms with E-state index in [9.17, 15) is 14.9 Å². The van der Waals surface area contributed by atoms with Gasteiger partial charge in [-0.15, -0.1) is 0 Å². The molecule has 0 unspecified atom stereocenters. The Morgan fingerprint density at radius 1 is 1.22 bits per heavy atom. The highest BCUT2D eigenvalue weighted by atomic mass is 16.6. The van der Waals surface area contributed by atoms with Crippen molar-refractivity contribution < 1.29 is 4.92 Å². The van der Waals surface area contributed by atoms with Gasteiger partial charge >= 0.3 is 0 Å². The van der Waals surface area contributed by atoms with Crippen LogP contribution in [0.2, 0.25) is 0 Å². The molecule has 2 aromatic rings. The lowest BCUT2D eigenvalue weighted by molar-refractivity contribution is -0.385. The fraction of sp³-hybridized carbons (Fsp3) is 0.500. The molecule has 7 nitrogen and oxygen atoms in total. The van der Waals surface area contributed by atoms with E-state index in [1.165, 1.54) is 25.3 Å². The van der Waals surface area contributed by atoms with E-state index in [-0.39, 0.29) is 16.2 Å². The average Bonchev–Trinajstić information content (AvgIpc) is 2.69. The number of hydrogen-bond acceptors (Lipinski definition) is 5. The van der Waals surface area contributed by atoms with Gasteiger partial charge in [0.2, 0.25) is 0 Å². The zero-order valence-corrected chi connectivity index (χ0v) is 15.3. The standard InChI is InChI=1S/C20H24N4O3/c25-20-16-13-23(12-15-8-4-5-9-18(15)24(26)27)11-10-17(16)21-19(22-20)14-6-2-1-3-7-14/h4-5,8-9,14H,1-3,6-7,10-13H2,(H,21,22,25). The molecular weight excluding hydrogens is 344 g/mol. The minimum absolute atomic E-state index is 0.0483. The molecule has 7 heteroatoms. The summed E-state index contributed by atoms with van der Waals surface area (Å²) < 4.78 is 0. The van der Waals surface area contributed by atoms with Gasteiger partial charge in [-0.1, -0.05) is 37.5 Å². The number of benzene rings is 1. The Morgan fingerprint density at radius 3 is 2.78 bits per heavy atom. The van der Waals surface area contributed by atoms with Gasteiger partial charge in [-0.05, 0) is 12.8 Å². The second kappa shape index (κ2) is 7.60. The summed E-state index contributed by atoms with van der Waals surface area (Å²) in [5.74, 6) is 1.23. The summed E-state index contributed by atoms with van der Waals surface area (Å²) >= 11 is 0. The molecule has 1 fully saturated rings. The van der Waals surface area contributed by atoms with Gasteiger partial charge in [0.05, 0.1) is 16.2 Å². The van der Waals surface area contributed by atoms with Crippen LogP contribution in [-0.2, 0) is 19.5 Å². The molecule has 2 heterocycles. The van der Waals surface area contributed by atoms with Crippen LogP contribution in [0.25, 0.3) is 0 Å². The number of para-hydroxylation sites is 1. The summed E-state index contributed by atoms with van der Waals surface area (Å²) in [5, 5.41) is 11.2. The average molecular weight is 368 g/mol. The van der Waals surface area contributed by atoms with Crippen LogP contribution >= 0.6 is 0 Å². The van der Waals surface area contributed by atoms with Gasteiger partial charge in [-0.25, -0.2) is 4.98 Å². The van der Waals surface area contributed by atoms with Crippen molar-refractivity contribution in [2.75, 3.05) is 6.54 Å². The summed E-state index contributed by atoms with van der Waals surface area (Å²) in [7, 11) is 0. The molecule has 27 heavy (non-hydrogen) atoms. The Morgan fingerprint density at radius 2 is 2.00 bits per heavy atom. The first-order valence-electron chi connectivity index (χ1n) is 9.68. The van der Waals surface area contributed by atoms with Crippen LogP contribution in [0.5, 0.6) is 0 Å². The molecule has 1 aromatic carbocycles. The lowest BCUT2D eigenvalue weighted by atomic mass is 9.88. The fourth-order valence-electron chi connectivity index (χ4n) is 4.27. The second-order valence-electron chi connectivity index (χ2n) is 7.56. The van der Waals surface area contributed by atoms with Gasteiger partial charge in [-0.3, -0.25) is 19.8 Å². The maximum absolute atomic E-state index is 12.7. The molecule has 0 amide bonds. The SMILES string of the molecule is O=c1[nH]c(C2CCCCC2)nc2c1CN(Cc1ccccc1[N+](=O)[O-])CC2. The maximum atomic E-state index is 12.7. The number of nitrogens with zero attached hydrogens (tertiary/aromatic N) is 3. The molecule has 0 radical (unpaired) electrons. The summed E-state index contributed by atoms with van der Waals surface area (Å²) in [4.78, 5) is 33.4. The lowest BCUT2D eigenvalue weighted by Gasteiger charge is -2.28.